The smallest absolute Gasteiger partial charge is 0.124 e. The fourth-order valence-corrected chi connectivity index (χ4v) is 2.19. The zero-order valence-electron chi connectivity index (χ0n) is 9.16. The number of hydrogen-bond donors (Lipinski definition) is 1. The number of nitrogen functional groups attached to an aromatic ring is 1. The van der Waals surface area contributed by atoms with Crippen LogP contribution >= 0.6 is 15.9 Å². The summed E-state index contributed by atoms with van der Waals surface area (Å²) in [7, 11) is 0. The minimum atomic E-state index is -0.228. The molecule has 2 aromatic rings. The van der Waals surface area contributed by atoms with Crippen LogP contribution in [0.1, 0.15) is 11.1 Å². The van der Waals surface area contributed by atoms with Gasteiger partial charge < -0.3 is 5.73 Å². The van der Waals surface area contributed by atoms with Crippen LogP contribution in [-0.4, -0.2) is 4.98 Å². The molecule has 2 N–H and O–H groups in total. The van der Waals surface area contributed by atoms with Gasteiger partial charge in [0.1, 0.15) is 5.82 Å². The lowest BCUT2D eigenvalue weighted by Gasteiger charge is -2.05. The Bertz CT molecular complexity index is 508. The maximum absolute atomic E-state index is 13.2. The Labute approximate surface area is 108 Å². The van der Waals surface area contributed by atoms with Crippen LogP contribution in [-0.2, 0) is 12.8 Å². The monoisotopic (exact) mass is 294 g/mol. The highest BCUT2D eigenvalue weighted by molar-refractivity contribution is 9.10. The first-order valence-corrected chi connectivity index (χ1v) is 6.08. The Balaban J connectivity index is 2.10. The van der Waals surface area contributed by atoms with Gasteiger partial charge in [0.25, 0.3) is 0 Å². The quantitative estimate of drug-likeness (QED) is 0.943. The molecule has 0 fully saturated rings. The number of nitrogens with two attached hydrogens (primary N) is 1. The summed E-state index contributed by atoms with van der Waals surface area (Å²) in [5, 5.41) is 0. The van der Waals surface area contributed by atoms with E-state index in [1.54, 1.807) is 18.5 Å². The number of aromatic nitrogens is 1. The minimum absolute atomic E-state index is 0.228. The summed E-state index contributed by atoms with van der Waals surface area (Å²) >= 11 is 3.28. The van der Waals surface area contributed by atoms with Crippen LogP contribution in [0.15, 0.2) is 41.1 Å². The number of halogens is 2. The number of hydrogen-bond acceptors (Lipinski definition) is 2. The first-order chi connectivity index (χ1) is 8.15. The van der Waals surface area contributed by atoms with Crippen LogP contribution < -0.4 is 5.73 Å². The van der Waals surface area contributed by atoms with E-state index >= 15 is 0 Å². The van der Waals surface area contributed by atoms with Gasteiger partial charge in [-0.3, -0.25) is 4.98 Å². The van der Waals surface area contributed by atoms with Gasteiger partial charge in [0.05, 0.1) is 0 Å². The highest BCUT2D eigenvalue weighted by atomic mass is 79.9. The van der Waals surface area contributed by atoms with Crippen LogP contribution in [0.4, 0.5) is 10.1 Å². The molecule has 0 aliphatic rings. The maximum Gasteiger partial charge on any atom is 0.124 e. The molecule has 17 heavy (non-hydrogen) atoms. The lowest BCUT2D eigenvalue weighted by molar-refractivity contribution is 0.624. The van der Waals surface area contributed by atoms with E-state index in [-0.39, 0.29) is 5.82 Å². The molecule has 2 rings (SSSR count). The Hall–Kier alpha value is -1.42. The van der Waals surface area contributed by atoms with Crippen molar-refractivity contribution in [2.45, 2.75) is 12.8 Å². The SMILES string of the molecule is Nc1ccncc1CCc1cc(F)cc(Br)c1. The standard InChI is InChI=1S/C13H12BrFN2/c14-11-5-9(6-12(15)7-11)1-2-10-8-17-4-3-13(10)16/h3-8H,1-2H2,(H2,16,17). The number of nitrogens with zero attached hydrogens (tertiary/aromatic N) is 1. The average Bonchev–Trinajstić information content (AvgIpc) is 2.27. The van der Waals surface area contributed by atoms with Crippen LogP contribution in [0.2, 0.25) is 0 Å². The zero-order chi connectivity index (χ0) is 12.3. The lowest BCUT2D eigenvalue weighted by atomic mass is 10.0. The number of aryl methyl sites for hydroxylation is 2. The van der Waals surface area contributed by atoms with Crippen molar-refractivity contribution in [1.82, 2.24) is 4.98 Å². The van der Waals surface area contributed by atoms with Crippen molar-refractivity contribution < 1.29 is 4.39 Å². The summed E-state index contributed by atoms with van der Waals surface area (Å²) in [5.74, 6) is -0.228. The van der Waals surface area contributed by atoms with Crippen molar-refractivity contribution in [1.29, 1.82) is 0 Å². The highest BCUT2D eigenvalue weighted by Crippen LogP contribution is 2.18. The Morgan fingerprint density at radius 3 is 2.76 bits per heavy atom. The summed E-state index contributed by atoms with van der Waals surface area (Å²) in [5.41, 5.74) is 8.49. The van der Waals surface area contributed by atoms with Gasteiger partial charge in [-0.05, 0) is 48.2 Å². The number of benzene rings is 1. The van der Waals surface area contributed by atoms with Crippen LogP contribution in [0.25, 0.3) is 0 Å². The van der Waals surface area contributed by atoms with Crippen molar-refractivity contribution in [3.05, 3.63) is 58.1 Å². The molecule has 2 nitrogen and oxygen atoms in total. The van der Waals surface area contributed by atoms with Crippen molar-refractivity contribution in [3.63, 3.8) is 0 Å². The second kappa shape index (κ2) is 5.27. The van der Waals surface area contributed by atoms with E-state index in [4.69, 9.17) is 5.73 Å². The molecular formula is C13H12BrFN2. The van der Waals surface area contributed by atoms with E-state index in [9.17, 15) is 4.39 Å². The molecule has 0 aliphatic heterocycles. The third-order valence-corrected chi connectivity index (χ3v) is 3.00. The molecule has 4 heteroatoms. The molecule has 0 saturated heterocycles. The second-order valence-electron chi connectivity index (χ2n) is 3.85. The van der Waals surface area contributed by atoms with Gasteiger partial charge in [-0.15, -0.1) is 0 Å². The van der Waals surface area contributed by atoms with Crippen molar-refractivity contribution >= 4 is 21.6 Å². The fourth-order valence-electron chi connectivity index (χ4n) is 1.68. The third-order valence-electron chi connectivity index (χ3n) is 2.55. The van der Waals surface area contributed by atoms with Gasteiger partial charge >= 0.3 is 0 Å². The molecule has 0 saturated carbocycles. The minimum Gasteiger partial charge on any atom is -0.398 e. The Morgan fingerprint density at radius 2 is 2.06 bits per heavy atom. The lowest BCUT2D eigenvalue weighted by Crippen LogP contribution is -1.98. The van der Waals surface area contributed by atoms with Crippen molar-refractivity contribution in [2.24, 2.45) is 0 Å². The van der Waals surface area contributed by atoms with E-state index < -0.39 is 0 Å². The molecule has 1 aromatic carbocycles. The molecule has 0 aliphatic carbocycles. The van der Waals surface area contributed by atoms with Crippen molar-refractivity contribution in [2.75, 3.05) is 5.73 Å². The molecule has 0 amide bonds. The van der Waals surface area contributed by atoms with Gasteiger partial charge in [0, 0.05) is 22.6 Å². The summed E-state index contributed by atoms with van der Waals surface area (Å²) in [6, 6.07) is 6.67. The largest absolute Gasteiger partial charge is 0.398 e. The normalized spacial score (nSPS) is 10.5. The van der Waals surface area contributed by atoms with Crippen LogP contribution in [0, 0.1) is 5.82 Å². The third kappa shape index (κ3) is 3.27. The number of pyridine rings is 1. The second-order valence-corrected chi connectivity index (χ2v) is 4.77. The molecule has 1 heterocycles. The van der Waals surface area contributed by atoms with E-state index in [1.165, 1.54) is 12.1 Å². The maximum atomic E-state index is 13.2. The zero-order valence-corrected chi connectivity index (χ0v) is 10.7. The average molecular weight is 295 g/mol. The van der Waals surface area contributed by atoms with Gasteiger partial charge in [-0.2, -0.15) is 0 Å². The molecule has 0 radical (unpaired) electrons. The highest BCUT2D eigenvalue weighted by Gasteiger charge is 2.02. The van der Waals surface area contributed by atoms with Gasteiger partial charge in [-0.25, -0.2) is 4.39 Å². The molecule has 0 bridgehead atoms. The summed E-state index contributed by atoms with van der Waals surface area (Å²) in [6.07, 6.45) is 4.92. The van der Waals surface area contributed by atoms with Gasteiger partial charge in [0.2, 0.25) is 0 Å². The molecule has 1 aromatic heterocycles. The first-order valence-electron chi connectivity index (χ1n) is 5.28. The van der Waals surface area contributed by atoms with E-state index in [0.717, 1.165) is 34.1 Å². The van der Waals surface area contributed by atoms with Gasteiger partial charge in [0.15, 0.2) is 0 Å². The summed E-state index contributed by atoms with van der Waals surface area (Å²) in [6.45, 7) is 0. The topological polar surface area (TPSA) is 38.9 Å². The van der Waals surface area contributed by atoms with Crippen LogP contribution in [0.3, 0.4) is 0 Å². The van der Waals surface area contributed by atoms with E-state index in [2.05, 4.69) is 20.9 Å². The molecule has 0 unspecified atom stereocenters. The Kier molecular flexibility index (Phi) is 3.74. The molecule has 0 atom stereocenters. The summed E-state index contributed by atoms with van der Waals surface area (Å²) < 4.78 is 13.9. The van der Waals surface area contributed by atoms with E-state index in [0.29, 0.717) is 0 Å². The van der Waals surface area contributed by atoms with Crippen molar-refractivity contribution in [3.8, 4) is 0 Å². The molecular weight excluding hydrogens is 283 g/mol. The van der Waals surface area contributed by atoms with E-state index in [1.807, 2.05) is 6.07 Å². The number of anilines is 1. The summed E-state index contributed by atoms with van der Waals surface area (Å²) in [4.78, 5) is 4.03. The van der Waals surface area contributed by atoms with Crippen LogP contribution in [0.5, 0.6) is 0 Å². The first kappa shape index (κ1) is 12.0. The predicted octanol–water partition coefficient (Wildman–Crippen LogP) is 3.35. The molecule has 88 valence electrons. The Morgan fingerprint density at radius 1 is 1.24 bits per heavy atom. The fraction of sp³-hybridized carbons (Fsp3) is 0.154. The van der Waals surface area contributed by atoms with Gasteiger partial charge in [-0.1, -0.05) is 15.9 Å². The molecule has 0 spiro atoms. The number of rotatable bonds is 3. The predicted molar refractivity (Wildman–Crippen MR) is 70.2 cm³/mol.